The van der Waals surface area contributed by atoms with Gasteiger partial charge in [-0.1, -0.05) is 6.92 Å². The smallest absolute Gasteiger partial charge is 0.132 e. The predicted octanol–water partition coefficient (Wildman–Crippen LogP) is 0.941. The number of furan rings is 1. The number of aliphatic hydroxyl groups excluding tert-OH is 2. The van der Waals surface area contributed by atoms with Crippen LogP contribution in [0.1, 0.15) is 18.8 Å². The van der Waals surface area contributed by atoms with Gasteiger partial charge in [-0.05, 0) is 12.1 Å². The second-order valence-electron chi connectivity index (χ2n) is 2.62. The Labute approximate surface area is 65.3 Å². The average molecular weight is 156 g/mol. The maximum absolute atomic E-state index is 9.42. The van der Waals surface area contributed by atoms with E-state index in [-0.39, 0.29) is 12.5 Å². The lowest BCUT2D eigenvalue weighted by Crippen LogP contribution is -2.11. The third-order valence-electron chi connectivity index (χ3n) is 1.66. The summed E-state index contributed by atoms with van der Waals surface area (Å²) in [6.07, 6.45) is 0.804. The first kappa shape index (κ1) is 8.30. The molecular formula is C8H12O3. The second-order valence-corrected chi connectivity index (χ2v) is 2.62. The lowest BCUT2D eigenvalue weighted by atomic mass is 10.0. The summed E-state index contributed by atoms with van der Waals surface area (Å²) in [7, 11) is 0. The molecule has 1 aromatic rings. The maximum atomic E-state index is 9.42. The van der Waals surface area contributed by atoms with Gasteiger partial charge < -0.3 is 14.6 Å². The van der Waals surface area contributed by atoms with Crippen LogP contribution >= 0.6 is 0 Å². The minimum Gasteiger partial charge on any atom is -0.467 e. The van der Waals surface area contributed by atoms with Gasteiger partial charge >= 0.3 is 0 Å². The molecule has 2 N–H and O–H groups in total. The first-order valence-corrected chi connectivity index (χ1v) is 3.58. The molecule has 0 spiro atoms. The molecule has 0 unspecified atom stereocenters. The zero-order valence-corrected chi connectivity index (χ0v) is 6.40. The molecule has 2 atom stereocenters. The Morgan fingerprint density at radius 1 is 1.64 bits per heavy atom. The molecule has 11 heavy (non-hydrogen) atoms. The van der Waals surface area contributed by atoms with Gasteiger partial charge in [0.25, 0.3) is 0 Å². The third kappa shape index (κ3) is 1.82. The molecule has 1 aromatic heterocycles. The van der Waals surface area contributed by atoms with Crippen LogP contribution < -0.4 is 0 Å². The Morgan fingerprint density at radius 2 is 2.36 bits per heavy atom. The summed E-state index contributed by atoms with van der Waals surface area (Å²) in [6.45, 7) is 1.72. The number of aliphatic hydroxyl groups is 2. The van der Waals surface area contributed by atoms with Crippen LogP contribution in [0.25, 0.3) is 0 Å². The van der Waals surface area contributed by atoms with Crippen LogP contribution in [0.2, 0.25) is 0 Å². The van der Waals surface area contributed by atoms with Crippen LogP contribution in [0.4, 0.5) is 0 Å². The van der Waals surface area contributed by atoms with E-state index in [9.17, 15) is 5.11 Å². The van der Waals surface area contributed by atoms with Gasteiger partial charge in [0.2, 0.25) is 0 Å². The minimum atomic E-state index is -0.699. The highest BCUT2D eigenvalue weighted by atomic mass is 16.4. The topological polar surface area (TPSA) is 53.6 Å². The summed E-state index contributed by atoms with van der Waals surface area (Å²) in [4.78, 5) is 0. The average Bonchev–Trinajstić information content (AvgIpc) is 2.53. The molecule has 0 aromatic carbocycles. The highest BCUT2D eigenvalue weighted by molar-refractivity contribution is 5.02. The molecule has 0 fully saturated rings. The van der Waals surface area contributed by atoms with E-state index >= 15 is 0 Å². The number of hydrogen-bond acceptors (Lipinski definition) is 3. The number of rotatable bonds is 3. The van der Waals surface area contributed by atoms with Gasteiger partial charge in [-0.2, -0.15) is 0 Å². The summed E-state index contributed by atoms with van der Waals surface area (Å²) in [5.74, 6) is 0.327. The van der Waals surface area contributed by atoms with Gasteiger partial charge in [0.15, 0.2) is 0 Å². The van der Waals surface area contributed by atoms with Crippen molar-refractivity contribution in [3.8, 4) is 0 Å². The van der Waals surface area contributed by atoms with Crippen molar-refractivity contribution in [1.82, 2.24) is 0 Å². The molecule has 0 saturated carbocycles. The molecule has 3 heteroatoms. The molecule has 62 valence electrons. The summed E-state index contributed by atoms with van der Waals surface area (Å²) in [5, 5.41) is 18.1. The van der Waals surface area contributed by atoms with Gasteiger partial charge in [0, 0.05) is 12.5 Å². The van der Waals surface area contributed by atoms with Crippen molar-refractivity contribution in [1.29, 1.82) is 0 Å². The van der Waals surface area contributed by atoms with Gasteiger partial charge in [0.1, 0.15) is 11.9 Å². The van der Waals surface area contributed by atoms with Crippen molar-refractivity contribution in [2.45, 2.75) is 13.0 Å². The van der Waals surface area contributed by atoms with Crippen LogP contribution in [0.3, 0.4) is 0 Å². The SMILES string of the molecule is C[C@H](CO)[C@H](O)c1ccco1. The molecule has 0 bridgehead atoms. The van der Waals surface area contributed by atoms with E-state index in [0.717, 1.165) is 0 Å². The van der Waals surface area contributed by atoms with Crippen molar-refractivity contribution in [3.63, 3.8) is 0 Å². The van der Waals surface area contributed by atoms with Gasteiger partial charge in [-0.15, -0.1) is 0 Å². The largest absolute Gasteiger partial charge is 0.467 e. The van der Waals surface area contributed by atoms with Crippen LogP contribution in [-0.4, -0.2) is 16.8 Å². The van der Waals surface area contributed by atoms with Crippen molar-refractivity contribution in [3.05, 3.63) is 24.2 Å². The normalized spacial score (nSPS) is 16.3. The fourth-order valence-corrected chi connectivity index (χ4v) is 0.840. The fraction of sp³-hybridized carbons (Fsp3) is 0.500. The zero-order chi connectivity index (χ0) is 8.27. The molecule has 0 aliphatic rings. The summed E-state index contributed by atoms with van der Waals surface area (Å²) < 4.78 is 4.96. The molecule has 0 aliphatic heterocycles. The summed E-state index contributed by atoms with van der Waals surface area (Å²) in [5.41, 5.74) is 0. The minimum absolute atomic E-state index is 0.0398. The van der Waals surface area contributed by atoms with E-state index in [2.05, 4.69) is 0 Å². The molecule has 0 radical (unpaired) electrons. The Morgan fingerprint density at radius 3 is 2.82 bits per heavy atom. The lowest BCUT2D eigenvalue weighted by molar-refractivity contribution is 0.0599. The highest BCUT2D eigenvalue weighted by Crippen LogP contribution is 2.20. The second kappa shape index (κ2) is 3.55. The summed E-state index contributed by atoms with van der Waals surface area (Å²) in [6, 6.07) is 3.40. The van der Waals surface area contributed by atoms with Gasteiger partial charge in [-0.25, -0.2) is 0 Å². The monoisotopic (exact) mass is 156 g/mol. The lowest BCUT2D eigenvalue weighted by Gasteiger charge is -2.12. The van der Waals surface area contributed by atoms with Crippen molar-refractivity contribution in [2.75, 3.05) is 6.61 Å². The van der Waals surface area contributed by atoms with E-state index in [1.165, 1.54) is 6.26 Å². The molecule has 1 rings (SSSR count). The van der Waals surface area contributed by atoms with E-state index in [4.69, 9.17) is 9.52 Å². The van der Waals surface area contributed by atoms with Crippen molar-refractivity contribution < 1.29 is 14.6 Å². The Hall–Kier alpha value is -0.800. The van der Waals surface area contributed by atoms with Crippen LogP contribution in [0.5, 0.6) is 0 Å². The molecule has 1 heterocycles. The summed E-state index contributed by atoms with van der Waals surface area (Å²) >= 11 is 0. The molecule has 0 amide bonds. The van der Waals surface area contributed by atoms with Gasteiger partial charge in [-0.3, -0.25) is 0 Å². The Bertz CT molecular complexity index is 193. The van der Waals surface area contributed by atoms with E-state index in [1.807, 2.05) is 0 Å². The quantitative estimate of drug-likeness (QED) is 0.684. The Balaban J connectivity index is 2.62. The standard InChI is InChI=1S/C8H12O3/c1-6(5-9)8(10)7-3-2-4-11-7/h2-4,6,8-10H,5H2,1H3/t6-,8+/m1/s1. The fourth-order valence-electron chi connectivity index (χ4n) is 0.840. The molecule has 0 aliphatic carbocycles. The van der Waals surface area contributed by atoms with E-state index in [1.54, 1.807) is 19.1 Å². The maximum Gasteiger partial charge on any atom is 0.132 e. The van der Waals surface area contributed by atoms with Gasteiger partial charge in [0.05, 0.1) is 6.26 Å². The van der Waals surface area contributed by atoms with E-state index < -0.39 is 6.10 Å². The first-order chi connectivity index (χ1) is 5.25. The third-order valence-corrected chi connectivity index (χ3v) is 1.66. The first-order valence-electron chi connectivity index (χ1n) is 3.58. The predicted molar refractivity (Wildman–Crippen MR) is 39.9 cm³/mol. The Kier molecular flexibility index (Phi) is 2.68. The van der Waals surface area contributed by atoms with Crippen LogP contribution in [0.15, 0.2) is 22.8 Å². The molecule has 0 saturated heterocycles. The number of hydrogen-bond donors (Lipinski definition) is 2. The zero-order valence-electron chi connectivity index (χ0n) is 6.40. The molecule has 3 nitrogen and oxygen atoms in total. The highest BCUT2D eigenvalue weighted by Gasteiger charge is 2.17. The van der Waals surface area contributed by atoms with Crippen LogP contribution in [-0.2, 0) is 0 Å². The van der Waals surface area contributed by atoms with E-state index in [0.29, 0.717) is 5.76 Å². The molecular weight excluding hydrogens is 144 g/mol. The van der Waals surface area contributed by atoms with Crippen molar-refractivity contribution >= 4 is 0 Å². The van der Waals surface area contributed by atoms with Crippen LogP contribution in [0, 0.1) is 5.92 Å². The van der Waals surface area contributed by atoms with Crippen molar-refractivity contribution in [2.24, 2.45) is 5.92 Å².